The van der Waals surface area contributed by atoms with Gasteiger partial charge >= 0.3 is 0 Å². The summed E-state index contributed by atoms with van der Waals surface area (Å²) in [5.74, 6) is 1.93. The van der Waals surface area contributed by atoms with Crippen molar-refractivity contribution in [1.29, 1.82) is 5.26 Å². The van der Waals surface area contributed by atoms with Crippen molar-refractivity contribution in [3.63, 3.8) is 0 Å². The molecule has 4 rings (SSSR count). The quantitative estimate of drug-likeness (QED) is 0.631. The number of aromatic nitrogens is 2. The molecule has 31 heavy (non-hydrogen) atoms. The van der Waals surface area contributed by atoms with Crippen molar-refractivity contribution in [1.82, 2.24) is 14.9 Å². The first-order valence-electron chi connectivity index (χ1n) is 10.1. The molecule has 2 N–H and O–H groups in total. The third kappa shape index (κ3) is 4.85. The van der Waals surface area contributed by atoms with Crippen LogP contribution < -0.4 is 20.3 Å². The van der Waals surface area contributed by atoms with E-state index >= 15 is 0 Å². The molecule has 1 aliphatic heterocycles. The number of nitrogens with one attached hydrogen (secondary N) is 2. The molecule has 3 aromatic rings. The minimum atomic E-state index is 0.481. The molecule has 0 spiro atoms. The minimum absolute atomic E-state index is 0.481. The fourth-order valence-corrected chi connectivity index (χ4v) is 3.49. The van der Waals surface area contributed by atoms with Crippen molar-refractivity contribution in [2.24, 2.45) is 0 Å². The number of benzene rings is 1. The Morgan fingerprint density at radius 3 is 2.61 bits per heavy atom. The van der Waals surface area contributed by atoms with Gasteiger partial charge in [0.05, 0.1) is 18.4 Å². The van der Waals surface area contributed by atoms with Gasteiger partial charge in [0.2, 0.25) is 0 Å². The molecule has 0 aliphatic carbocycles. The highest BCUT2D eigenvalue weighted by Crippen LogP contribution is 2.32. The van der Waals surface area contributed by atoms with Crippen molar-refractivity contribution in [2.75, 3.05) is 55.9 Å². The number of anilines is 5. The van der Waals surface area contributed by atoms with E-state index in [0.717, 1.165) is 49.0 Å². The SMILES string of the molecule is COc1cc(N2CCN(C)CC2)ccc1Nc1cc(Nc2ncccc2C#N)ccn1. The molecule has 8 heteroatoms. The van der Waals surface area contributed by atoms with E-state index in [9.17, 15) is 5.26 Å². The first-order valence-corrected chi connectivity index (χ1v) is 10.1. The summed E-state index contributed by atoms with van der Waals surface area (Å²) < 4.78 is 5.64. The molecule has 0 radical (unpaired) electrons. The summed E-state index contributed by atoms with van der Waals surface area (Å²) in [6.45, 7) is 4.10. The van der Waals surface area contributed by atoms with E-state index in [4.69, 9.17) is 4.74 Å². The summed E-state index contributed by atoms with van der Waals surface area (Å²) >= 11 is 0. The molecule has 158 valence electrons. The van der Waals surface area contributed by atoms with Crippen LogP contribution in [0, 0.1) is 11.3 Å². The molecule has 1 aliphatic rings. The van der Waals surface area contributed by atoms with E-state index in [-0.39, 0.29) is 0 Å². The molecular weight excluding hydrogens is 390 g/mol. The Balaban J connectivity index is 1.51. The van der Waals surface area contributed by atoms with Gasteiger partial charge in [-0.15, -0.1) is 0 Å². The van der Waals surface area contributed by atoms with Gasteiger partial charge in [-0.3, -0.25) is 0 Å². The predicted molar refractivity (Wildman–Crippen MR) is 122 cm³/mol. The van der Waals surface area contributed by atoms with Crippen molar-refractivity contribution in [2.45, 2.75) is 0 Å². The second-order valence-electron chi connectivity index (χ2n) is 7.37. The molecule has 2 aromatic heterocycles. The number of nitrogens with zero attached hydrogens (tertiary/aromatic N) is 5. The Morgan fingerprint density at radius 1 is 1.00 bits per heavy atom. The molecule has 0 bridgehead atoms. The summed E-state index contributed by atoms with van der Waals surface area (Å²) in [6, 6.07) is 15.5. The summed E-state index contributed by atoms with van der Waals surface area (Å²) in [5, 5.41) is 15.8. The van der Waals surface area contributed by atoms with Gasteiger partial charge in [0, 0.05) is 62.1 Å². The van der Waals surface area contributed by atoms with Gasteiger partial charge in [-0.25, -0.2) is 9.97 Å². The van der Waals surface area contributed by atoms with E-state index in [2.05, 4.69) is 55.7 Å². The van der Waals surface area contributed by atoms with Crippen LogP contribution >= 0.6 is 0 Å². The van der Waals surface area contributed by atoms with Crippen LogP contribution in [0.1, 0.15) is 5.56 Å². The average Bonchev–Trinajstić information content (AvgIpc) is 2.80. The average molecular weight is 416 g/mol. The van der Waals surface area contributed by atoms with Gasteiger partial charge in [0.25, 0.3) is 0 Å². The Labute approximate surface area is 182 Å². The number of nitriles is 1. The molecule has 0 saturated carbocycles. The van der Waals surface area contributed by atoms with Crippen molar-refractivity contribution >= 4 is 28.7 Å². The Bertz CT molecular complexity index is 1090. The van der Waals surface area contributed by atoms with Crippen LogP contribution in [0.15, 0.2) is 54.9 Å². The van der Waals surface area contributed by atoms with Crippen molar-refractivity contribution in [3.8, 4) is 11.8 Å². The Hall–Kier alpha value is -3.83. The summed E-state index contributed by atoms with van der Waals surface area (Å²) in [5.41, 5.74) is 3.24. The van der Waals surface area contributed by atoms with Gasteiger partial charge in [-0.1, -0.05) is 0 Å². The maximum absolute atomic E-state index is 9.26. The second kappa shape index (κ2) is 9.32. The number of ether oxygens (including phenoxy) is 1. The fraction of sp³-hybridized carbons (Fsp3) is 0.261. The monoisotopic (exact) mass is 415 g/mol. The molecule has 0 unspecified atom stereocenters. The van der Waals surface area contributed by atoms with Crippen LogP contribution in [-0.4, -0.2) is 55.2 Å². The van der Waals surface area contributed by atoms with Crippen LogP contribution in [0.5, 0.6) is 5.75 Å². The zero-order chi connectivity index (χ0) is 21.6. The van der Waals surface area contributed by atoms with Gasteiger partial charge in [0.15, 0.2) is 0 Å². The molecule has 3 heterocycles. The first kappa shape index (κ1) is 20.4. The lowest BCUT2D eigenvalue weighted by Crippen LogP contribution is -2.44. The highest BCUT2D eigenvalue weighted by Gasteiger charge is 2.16. The Morgan fingerprint density at radius 2 is 1.84 bits per heavy atom. The summed E-state index contributed by atoms with van der Waals surface area (Å²) in [4.78, 5) is 13.4. The smallest absolute Gasteiger partial charge is 0.148 e. The van der Waals surface area contributed by atoms with Crippen molar-refractivity contribution in [3.05, 3.63) is 60.4 Å². The second-order valence-corrected chi connectivity index (χ2v) is 7.37. The van der Waals surface area contributed by atoms with E-state index in [1.54, 1.807) is 31.6 Å². The Kier molecular flexibility index (Phi) is 6.15. The van der Waals surface area contributed by atoms with Gasteiger partial charge in [-0.05, 0) is 37.4 Å². The number of hydrogen-bond donors (Lipinski definition) is 2. The lowest BCUT2D eigenvalue weighted by Gasteiger charge is -2.34. The molecule has 0 amide bonds. The summed E-state index contributed by atoms with van der Waals surface area (Å²) in [7, 11) is 3.82. The number of methoxy groups -OCH3 is 1. The number of rotatable bonds is 6. The lowest BCUT2D eigenvalue weighted by molar-refractivity contribution is 0.312. The topological polar surface area (TPSA) is 89.3 Å². The lowest BCUT2D eigenvalue weighted by atomic mass is 10.2. The molecule has 1 saturated heterocycles. The fourth-order valence-electron chi connectivity index (χ4n) is 3.49. The zero-order valence-electron chi connectivity index (χ0n) is 17.7. The maximum atomic E-state index is 9.26. The molecule has 8 nitrogen and oxygen atoms in total. The van der Waals surface area contributed by atoms with E-state index in [0.29, 0.717) is 17.2 Å². The maximum Gasteiger partial charge on any atom is 0.148 e. The molecular formula is C23H25N7O. The largest absolute Gasteiger partial charge is 0.494 e. The van der Waals surface area contributed by atoms with Gasteiger partial charge in [-0.2, -0.15) is 5.26 Å². The predicted octanol–water partition coefficient (Wildman–Crippen LogP) is 3.60. The van der Waals surface area contributed by atoms with Crippen LogP contribution in [0.3, 0.4) is 0 Å². The van der Waals surface area contributed by atoms with Crippen LogP contribution in [0.2, 0.25) is 0 Å². The first-order chi connectivity index (χ1) is 15.2. The number of pyridine rings is 2. The molecule has 1 aromatic carbocycles. The van der Waals surface area contributed by atoms with Gasteiger partial charge in [0.1, 0.15) is 23.5 Å². The highest BCUT2D eigenvalue weighted by atomic mass is 16.5. The number of piperazine rings is 1. The third-order valence-corrected chi connectivity index (χ3v) is 5.27. The van der Waals surface area contributed by atoms with Gasteiger partial charge < -0.3 is 25.2 Å². The van der Waals surface area contributed by atoms with Crippen LogP contribution in [-0.2, 0) is 0 Å². The summed E-state index contributed by atoms with van der Waals surface area (Å²) in [6.07, 6.45) is 3.35. The standard InChI is InChI=1S/C23H25N7O/c1-29-10-12-30(13-11-29)19-5-6-20(21(15-19)31-2)28-22-14-18(7-9-25-22)27-23-17(16-24)4-3-8-26-23/h3-9,14-15H,10-13H2,1-2H3,(H2,25,26,27,28). The molecule has 1 fully saturated rings. The number of likely N-dealkylation sites (N-methyl/N-ethyl adjacent to an activating group) is 1. The highest BCUT2D eigenvalue weighted by molar-refractivity contribution is 5.71. The zero-order valence-corrected chi connectivity index (χ0v) is 17.7. The van der Waals surface area contributed by atoms with Crippen LogP contribution in [0.25, 0.3) is 0 Å². The normalized spacial score (nSPS) is 14.0. The van der Waals surface area contributed by atoms with E-state index in [1.807, 2.05) is 18.2 Å². The van der Waals surface area contributed by atoms with Crippen molar-refractivity contribution < 1.29 is 4.74 Å². The van der Waals surface area contributed by atoms with Crippen LogP contribution in [0.4, 0.5) is 28.7 Å². The minimum Gasteiger partial charge on any atom is -0.494 e. The molecule has 0 atom stereocenters. The van der Waals surface area contributed by atoms with E-state index < -0.39 is 0 Å². The van der Waals surface area contributed by atoms with E-state index in [1.165, 1.54) is 0 Å². The number of hydrogen-bond acceptors (Lipinski definition) is 8. The third-order valence-electron chi connectivity index (χ3n) is 5.27.